The smallest absolute Gasteiger partial charge is 0.139 e. The van der Waals surface area contributed by atoms with Crippen molar-refractivity contribution in [3.8, 4) is 5.75 Å². The first kappa shape index (κ1) is 13.3. The van der Waals surface area contributed by atoms with Gasteiger partial charge in [-0.25, -0.2) is 0 Å². The van der Waals surface area contributed by atoms with Crippen molar-refractivity contribution >= 4 is 11.6 Å². The molecule has 0 aliphatic heterocycles. The fourth-order valence-corrected chi connectivity index (χ4v) is 1.50. The van der Waals surface area contributed by atoms with Crippen LogP contribution in [0.25, 0.3) is 0 Å². The van der Waals surface area contributed by atoms with Crippen LogP contribution in [0.5, 0.6) is 5.75 Å². The molecule has 0 saturated carbocycles. The maximum atomic E-state index is 5.78. The monoisotopic (exact) mass is 242 g/mol. The van der Waals surface area contributed by atoms with E-state index < -0.39 is 0 Å². The predicted molar refractivity (Wildman–Crippen MR) is 67.1 cm³/mol. The average Bonchev–Trinajstić information content (AvgIpc) is 2.28. The first-order chi connectivity index (χ1) is 7.83. The molecule has 0 atom stereocenters. The number of rotatable bonds is 8. The second-order valence-electron chi connectivity index (χ2n) is 3.64. The van der Waals surface area contributed by atoms with E-state index in [1.807, 2.05) is 0 Å². The Bertz CT molecular complexity index is 294. The summed E-state index contributed by atoms with van der Waals surface area (Å²) >= 11 is 5.78. The standard InChI is InChI=1S/C12H19ClN2O/c1-2-3-4-5-14-6-7-16-12-8-11(13)9-15-10-12/h8-10,14H,2-7H2,1H3. The van der Waals surface area contributed by atoms with E-state index in [-0.39, 0.29) is 0 Å². The Kier molecular flexibility index (Phi) is 6.93. The fraction of sp³-hybridized carbons (Fsp3) is 0.583. The van der Waals surface area contributed by atoms with Crippen molar-refractivity contribution in [1.82, 2.24) is 10.3 Å². The third-order valence-corrected chi connectivity index (χ3v) is 2.39. The van der Waals surface area contributed by atoms with Gasteiger partial charge in [0.1, 0.15) is 12.4 Å². The van der Waals surface area contributed by atoms with E-state index in [1.165, 1.54) is 19.3 Å². The van der Waals surface area contributed by atoms with E-state index in [2.05, 4.69) is 17.2 Å². The number of halogens is 1. The highest BCUT2D eigenvalue weighted by Gasteiger charge is 1.95. The van der Waals surface area contributed by atoms with Crippen LogP contribution >= 0.6 is 11.6 Å². The lowest BCUT2D eigenvalue weighted by Gasteiger charge is -2.07. The van der Waals surface area contributed by atoms with Gasteiger partial charge in [0.05, 0.1) is 11.2 Å². The number of hydrogen-bond acceptors (Lipinski definition) is 3. The van der Waals surface area contributed by atoms with Crippen LogP contribution in [-0.2, 0) is 0 Å². The summed E-state index contributed by atoms with van der Waals surface area (Å²) in [6, 6.07) is 1.77. The molecule has 3 nitrogen and oxygen atoms in total. The number of unbranched alkanes of at least 4 members (excludes halogenated alkanes) is 2. The Balaban J connectivity index is 2.03. The summed E-state index contributed by atoms with van der Waals surface area (Å²) in [7, 11) is 0. The molecular formula is C12H19ClN2O. The highest BCUT2D eigenvalue weighted by Crippen LogP contribution is 2.14. The molecule has 0 bridgehead atoms. The van der Waals surface area contributed by atoms with Crippen molar-refractivity contribution in [2.75, 3.05) is 19.7 Å². The first-order valence-electron chi connectivity index (χ1n) is 5.77. The molecule has 0 aliphatic rings. The number of ether oxygens (including phenoxy) is 1. The lowest BCUT2D eigenvalue weighted by molar-refractivity contribution is 0.312. The van der Waals surface area contributed by atoms with Crippen molar-refractivity contribution in [3.63, 3.8) is 0 Å². The van der Waals surface area contributed by atoms with Gasteiger partial charge in [-0.1, -0.05) is 31.4 Å². The molecule has 0 amide bonds. The average molecular weight is 243 g/mol. The van der Waals surface area contributed by atoms with Crippen LogP contribution in [0.15, 0.2) is 18.5 Å². The summed E-state index contributed by atoms with van der Waals surface area (Å²) in [6.07, 6.45) is 7.04. The number of nitrogens with one attached hydrogen (secondary N) is 1. The predicted octanol–water partition coefficient (Wildman–Crippen LogP) is 2.89. The summed E-state index contributed by atoms with van der Waals surface area (Å²) in [5.41, 5.74) is 0. The third-order valence-electron chi connectivity index (χ3n) is 2.18. The summed E-state index contributed by atoms with van der Waals surface area (Å²) in [4.78, 5) is 3.95. The van der Waals surface area contributed by atoms with Gasteiger partial charge < -0.3 is 10.1 Å². The molecular weight excluding hydrogens is 224 g/mol. The van der Waals surface area contributed by atoms with Crippen LogP contribution in [-0.4, -0.2) is 24.7 Å². The van der Waals surface area contributed by atoms with E-state index in [9.17, 15) is 0 Å². The van der Waals surface area contributed by atoms with Gasteiger partial charge in [-0.15, -0.1) is 0 Å². The molecule has 16 heavy (non-hydrogen) atoms. The maximum Gasteiger partial charge on any atom is 0.139 e. The molecule has 1 rings (SSSR count). The second-order valence-corrected chi connectivity index (χ2v) is 4.08. The lowest BCUT2D eigenvalue weighted by Crippen LogP contribution is -2.22. The molecule has 1 aromatic rings. The highest BCUT2D eigenvalue weighted by molar-refractivity contribution is 6.30. The molecule has 1 aromatic heterocycles. The minimum Gasteiger partial charge on any atom is -0.491 e. The Labute approximate surface area is 102 Å². The third kappa shape index (κ3) is 5.93. The van der Waals surface area contributed by atoms with Crippen LogP contribution in [0.4, 0.5) is 0 Å². The Morgan fingerprint density at radius 2 is 2.19 bits per heavy atom. The Morgan fingerprint density at radius 1 is 1.31 bits per heavy atom. The van der Waals surface area contributed by atoms with E-state index in [4.69, 9.17) is 16.3 Å². The van der Waals surface area contributed by atoms with Crippen LogP contribution in [0, 0.1) is 0 Å². The molecule has 0 saturated heterocycles. The number of pyridine rings is 1. The molecule has 4 heteroatoms. The van der Waals surface area contributed by atoms with Gasteiger partial charge in [0.2, 0.25) is 0 Å². The van der Waals surface area contributed by atoms with Crippen molar-refractivity contribution in [2.45, 2.75) is 26.2 Å². The van der Waals surface area contributed by atoms with E-state index in [0.717, 1.165) is 18.8 Å². The molecule has 0 radical (unpaired) electrons. The number of aromatic nitrogens is 1. The van der Waals surface area contributed by atoms with Gasteiger partial charge in [0.15, 0.2) is 0 Å². The summed E-state index contributed by atoms with van der Waals surface area (Å²) in [6.45, 7) is 4.77. The SMILES string of the molecule is CCCCCNCCOc1cncc(Cl)c1. The molecule has 0 spiro atoms. The maximum absolute atomic E-state index is 5.78. The molecule has 90 valence electrons. The Morgan fingerprint density at radius 3 is 2.94 bits per heavy atom. The molecule has 0 fully saturated rings. The van der Waals surface area contributed by atoms with Crippen LogP contribution < -0.4 is 10.1 Å². The molecule has 0 unspecified atom stereocenters. The molecule has 0 aromatic carbocycles. The number of hydrogen-bond donors (Lipinski definition) is 1. The topological polar surface area (TPSA) is 34.1 Å². The fourth-order valence-electron chi connectivity index (χ4n) is 1.34. The number of nitrogens with zero attached hydrogens (tertiary/aromatic N) is 1. The highest BCUT2D eigenvalue weighted by atomic mass is 35.5. The summed E-state index contributed by atoms with van der Waals surface area (Å²) in [5.74, 6) is 0.725. The second kappa shape index (κ2) is 8.36. The van der Waals surface area contributed by atoms with Crippen LogP contribution in [0.3, 0.4) is 0 Å². The normalized spacial score (nSPS) is 10.4. The van der Waals surface area contributed by atoms with Gasteiger partial charge >= 0.3 is 0 Å². The van der Waals surface area contributed by atoms with Gasteiger partial charge in [-0.3, -0.25) is 4.98 Å². The Hall–Kier alpha value is -0.800. The van der Waals surface area contributed by atoms with Crippen LogP contribution in [0.2, 0.25) is 5.02 Å². The molecule has 0 aliphatic carbocycles. The quantitative estimate of drug-likeness (QED) is 0.712. The van der Waals surface area contributed by atoms with Gasteiger partial charge in [0.25, 0.3) is 0 Å². The molecule has 1 heterocycles. The van der Waals surface area contributed by atoms with Crippen LogP contribution in [0.1, 0.15) is 26.2 Å². The minimum atomic E-state index is 0.605. The van der Waals surface area contributed by atoms with E-state index >= 15 is 0 Å². The van der Waals surface area contributed by atoms with Crippen molar-refractivity contribution in [2.24, 2.45) is 0 Å². The lowest BCUT2D eigenvalue weighted by atomic mass is 10.2. The zero-order chi connectivity index (χ0) is 11.6. The van der Waals surface area contributed by atoms with Crippen molar-refractivity contribution in [3.05, 3.63) is 23.5 Å². The summed E-state index contributed by atoms with van der Waals surface area (Å²) < 4.78 is 5.48. The van der Waals surface area contributed by atoms with Crippen molar-refractivity contribution < 1.29 is 4.74 Å². The van der Waals surface area contributed by atoms with Gasteiger partial charge in [0, 0.05) is 18.8 Å². The van der Waals surface area contributed by atoms with E-state index in [1.54, 1.807) is 18.5 Å². The summed E-state index contributed by atoms with van der Waals surface area (Å²) in [5, 5.41) is 3.93. The zero-order valence-corrected chi connectivity index (χ0v) is 10.5. The van der Waals surface area contributed by atoms with Gasteiger partial charge in [-0.2, -0.15) is 0 Å². The van der Waals surface area contributed by atoms with E-state index in [0.29, 0.717) is 11.6 Å². The zero-order valence-electron chi connectivity index (χ0n) is 9.71. The minimum absolute atomic E-state index is 0.605. The van der Waals surface area contributed by atoms with Gasteiger partial charge in [-0.05, 0) is 13.0 Å². The largest absolute Gasteiger partial charge is 0.491 e. The van der Waals surface area contributed by atoms with Crippen molar-refractivity contribution in [1.29, 1.82) is 0 Å². The first-order valence-corrected chi connectivity index (χ1v) is 6.15. The molecule has 1 N–H and O–H groups in total.